The minimum absolute atomic E-state index is 0.540. The van der Waals surface area contributed by atoms with E-state index in [1.807, 2.05) is 13.0 Å². The summed E-state index contributed by atoms with van der Waals surface area (Å²) < 4.78 is 0. The molecule has 0 unspecified atom stereocenters. The molecule has 5 heteroatoms. The van der Waals surface area contributed by atoms with E-state index in [9.17, 15) is 0 Å². The number of benzene rings is 1. The maximum atomic E-state index is 5.81. The number of hydrogen-bond acceptors (Lipinski definition) is 5. The van der Waals surface area contributed by atoms with Crippen LogP contribution in [0.25, 0.3) is 0 Å². The lowest BCUT2D eigenvalue weighted by Gasteiger charge is -2.37. The lowest BCUT2D eigenvalue weighted by atomic mass is 10.2. The summed E-state index contributed by atoms with van der Waals surface area (Å²) in [5.41, 5.74) is 8.41. The Morgan fingerprint density at radius 2 is 1.67 bits per heavy atom. The van der Waals surface area contributed by atoms with Crippen LogP contribution in [-0.2, 0) is 0 Å². The van der Waals surface area contributed by atoms with Crippen LogP contribution in [0, 0.1) is 13.8 Å². The number of piperazine rings is 1. The van der Waals surface area contributed by atoms with Crippen molar-refractivity contribution < 1.29 is 0 Å². The number of rotatable bonds is 2. The summed E-state index contributed by atoms with van der Waals surface area (Å²) in [6.07, 6.45) is 0. The van der Waals surface area contributed by atoms with Gasteiger partial charge in [0.2, 0.25) is 0 Å². The van der Waals surface area contributed by atoms with Gasteiger partial charge in [-0.1, -0.05) is 12.1 Å². The Kier molecular flexibility index (Phi) is 3.64. The highest BCUT2D eigenvalue weighted by Gasteiger charge is 2.19. The predicted molar refractivity (Wildman–Crippen MR) is 86.8 cm³/mol. The average molecular weight is 283 g/mol. The Bertz CT molecular complexity index is 612. The Labute approximate surface area is 125 Å². The van der Waals surface area contributed by atoms with E-state index in [0.717, 1.165) is 37.8 Å². The van der Waals surface area contributed by atoms with Crippen molar-refractivity contribution in [2.24, 2.45) is 0 Å². The molecular weight excluding hydrogens is 262 g/mol. The molecule has 1 aliphatic heterocycles. The number of nitrogens with zero attached hydrogens (tertiary/aromatic N) is 4. The first-order chi connectivity index (χ1) is 10.1. The third kappa shape index (κ3) is 3.07. The molecule has 21 heavy (non-hydrogen) atoms. The van der Waals surface area contributed by atoms with Crippen LogP contribution in [0.1, 0.15) is 11.4 Å². The molecule has 1 saturated heterocycles. The molecule has 0 bridgehead atoms. The minimum Gasteiger partial charge on any atom is -0.384 e. The van der Waals surface area contributed by atoms with Crippen molar-refractivity contribution >= 4 is 17.3 Å². The molecule has 2 N–H and O–H groups in total. The van der Waals surface area contributed by atoms with Crippen LogP contribution >= 0.6 is 0 Å². The van der Waals surface area contributed by atoms with E-state index >= 15 is 0 Å². The maximum Gasteiger partial charge on any atom is 0.134 e. The maximum absolute atomic E-state index is 5.81. The molecule has 3 rings (SSSR count). The fourth-order valence-electron chi connectivity index (χ4n) is 2.75. The Balaban J connectivity index is 1.70. The van der Waals surface area contributed by atoms with E-state index in [1.54, 1.807) is 0 Å². The van der Waals surface area contributed by atoms with Crippen molar-refractivity contribution in [1.29, 1.82) is 0 Å². The van der Waals surface area contributed by atoms with Crippen LogP contribution in [-0.4, -0.2) is 36.1 Å². The number of hydrogen-bond donors (Lipinski definition) is 1. The number of aryl methyl sites for hydroxylation is 2. The number of aromatic nitrogens is 2. The van der Waals surface area contributed by atoms with Gasteiger partial charge in [-0.25, -0.2) is 9.97 Å². The Morgan fingerprint density at radius 1 is 0.952 bits per heavy atom. The number of nitrogen functional groups attached to an aromatic ring is 1. The van der Waals surface area contributed by atoms with Crippen LogP contribution in [0.3, 0.4) is 0 Å². The molecule has 0 aliphatic carbocycles. The molecule has 0 amide bonds. The highest BCUT2D eigenvalue weighted by Crippen LogP contribution is 2.21. The zero-order valence-corrected chi connectivity index (χ0v) is 12.6. The highest BCUT2D eigenvalue weighted by molar-refractivity contribution is 5.52. The van der Waals surface area contributed by atoms with E-state index in [1.165, 1.54) is 11.3 Å². The van der Waals surface area contributed by atoms with E-state index in [-0.39, 0.29) is 0 Å². The molecule has 5 nitrogen and oxygen atoms in total. The second-order valence-electron chi connectivity index (χ2n) is 5.51. The van der Waals surface area contributed by atoms with Crippen LogP contribution in [0.4, 0.5) is 17.3 Å². The molecule has 1 aliphatic rings. The zero-order valence-electron chi connectivity index (χ0n) is 12.6. The van der Waals surface area contributed by atoms with Crippen molar-refractivity contribution in [3.05, 3.63) is 41.7 Å². The first kappa shape index (κ1) is 13.7. The third-order valence-corrected chi connectivity index (χ3v) is 3.81. The second-order valence-corrected chi connectivity index (χ2v) is 5.51. The van der Waals surface area contributed by atoms with Gasteiger partial charge in [-0.05, 0) is 31.5 Å². The van der Waals surface area contributed by atoms with Gasteiger partial charge in [0.05, 0.1) is 0 Å². The predicted octanol–water partition coefficient (Wildman–Crippen LogP) is 2.00. The molecule has 2 heterocycles. The van der Waals surface area contributed by atoms with Crippen molar-refractivity contribution in [1.82, 2.24) is 9.97 Å². The first-order valence-electron chi connectivity index (χ1n) is 7.29. The second kappa shape index (κ2) is 5.60. The topological polar surface area (TPSA) is 58.3 Å². The van der Waals surface area contributed by atoms with Gasteiger partial charge < -0.3 is 15.5 Å². The van der Waals surface area contributed by atoms with E-state index in [4.69, 9.17) is 5.73 Å². The normalized spacial score (nSPS) is 15.3. The average Bonchev–Trinajstić information content (AvgIpc) is 2.46. The van der Waals surface area contributed by atoms with Crippen LogP contribution in [0.15, 0.2) is 30.3 Å². The largest absolute Gasteiger partial charge is 0.384 e. The van der Waals surface area contributed by atoms with Gasteiger partial charge in [0, 0.05) is 37.9 Å². The SMILES string of the molecule is Cc1cccc(N2CCN(c3cc(N)nc(C)n3)CC2)c1. The minimum atomic E-state index is 0.540. The fraction of sp³-hybridized carbons (Fsp3) is 0.375. The van der Waals surface area contributed by atoms with E-state index in [2.05, 4.69) is 51.0 Å². The molecule has 0 atom stereocenters. The zero-order chi connectivity index (χ0) is 14.8. The molecule has 2 aromatic rings. The van der Waals surface area contributed by atoms with Crippen molar-refractivity contribution in [2.75, 3.05) is 41.7 Å². The molecule has 0 saturated carbocycles. The summed E-state index contributed by atoms with van der Waals surface area (Å²) in [5.74, 6) is 2.20. The summed E-state index contributed by atoms with van der Waals surface area (Å²) in [5, 5.41) is 0. The summed E-state index contributed by atoms with van der Waals surface area (Å²) in [4.78, 5) is 13.3. The standard InChI is InChI=1S/C16H21N5/c1-12-4-3-5-14(10-12)20-6-8-21(9-7-20)16-11-15(17)18-13(2)19-16/h3-5,10-11H,6-9H2,1-2H3,(H2,17,18,19). The van der Waals surface area contributed by atoms with Crippen molar-refractivity contribution in [3.8, 4) is 0 Å². The van der Waals surface area contributed by atoms with Gasteiger partial charge in [0.25, 0.3) is 0 Å². The van der Waals surface area contributed by atoms with Gasteiger partial charge in [0.1, 0.15) is 17.5 Å². The van der Waals surface area contributed by atoms with Crippen LogP contribution in [0.5, 0.6) is 0 Å². The lowest BCUT2D eigenvalue weighted by molar-refractivity contribution is 0.646. The van der Waals surface area contributed by atoms with E-state index < -0.39 is 0 Å². The Morgan fingerprint density at radius 3 is 2.33 bits per heavy atom. The van der Waals surface area contributed by atoms with Crippen LogP contribution in [0.2, 0.25) is 0 Å². The summed E-state index contributed by atoms with van der Waals surface area (Å²) in [6.45, 7) is 7.89. The monoisotopic (exact) mass is 283 g/mol. The van der Waals surface area contributed by atoms with Gasteiger partial charge in [-0.3, -0.25) is 0 Å². The molecule has 1 aromatic carbocycles. The lowest BCUT2D eigenvalue weighted by Crippen LogP contribution is -2.47. The highest BCUT2D eigenvalue weighted by atomic mass is 15.3. The van der Waals surface area contributed by atoms with Gasteiger partial charge >= 0.3 is 0 Å². The number of anilines is 3. The summed E-state index contributed by atoms with van der Waals surface area (Å²) in [7, 11) is 0. The van der Waals surface area contributed by atoms with E-state index in [0.29, 0.717) is 5.82 Å². The third-order valence-electron chi connectivity index (χ3n) is 3.81. The first-order valence-corrected chi connectivity index (χ1v) is 7.29. The smallest absolute Gasteiger partial charge is 0.134 e. The Hall–Kier alpha value is -2.30. The van der Waals surface area contributed by atoms with Gasteiger partial charge in [-0.2, -0.15) is 0 Å². The van der Waals surface area contributed by atoms with Gasteiger partial charge in [0.15, 0.2) is 0 Å². The molecule has 0 radical (unpaired) electrons. The van der Waals surface area contributed by atoms with Crippen molar-refractivity contribution in [3.63, 3.8) is 0 Å². The molecule has 0 spiro atoms. The summed E-state index contributed by atoms with van der Waals surface area (Å²) in [6, 6.07) is 10.5. The molecule has 1 aromatic heterocycles. The number of nitrogens with two attached hydrogens (primary N) is 1. The van der Waals surface area contributed by atoms with Crippen LogP contribution < -0.4 is 15.5 Å². The molecule has 1 fully saturated rings. The fourth-order valence-corrected chi connectivity index (χ4v) is 2.75. The molecule has 110 valence electrons. The quantitative estimate of drug-likeness (QED) is 0.913. The molecular formula is C16H21N5. The van der Waals surface area contributed by atoms with Gasteiger partial charge in [-0.15, -0.1) is 0 Å². The van der Waals surface area contributed by atoms with Crippen molar-refractivity contribution in [2.45, 2.75) is 13.8 Å². The summed E-state index contributed by atoms with van der Waals surface area (Å²) >= 11 is 0.